The maximum absolute atomic E-state index is 12.4. The van der Waals surface area contributed by atoms with Crippen LogP contribution in [0.3, 0.4) is 0 Å². The Balaban J connectivity index is 1.69. The fraction of sp³-hybridized carbons (Fsp3) is 0.208. The lowest BCUT2D eigenvalue weighted by atomic mass is 10.1. The molecule has 1 N–H and O–H groups in total. The molecule has 3 aromatic rings. The second-order valence-corrected chi connectivity index (χ2v) is 8.09. The maximum atomic E-state index is 12.4. The van der Waals surface area contributed by atoms with Crippen LogP contribution in [0, 0.1) is 19.3 Å². The van der Waals surface area contributed by atoms with Crippen molar-refractivity contribution in [2.24, 2.45) is 0 Å². The molecule has 0 bridgehead atoms. The Labute approximate surface area is 196 Å². The molecule has 0 aliphatic rings. The lowest BCUT2D eigenvalue weighted by Gasteiger charge is -2.11. The van der Waals surface area contributed by atoms with Gasteiger partial charge >= 0.3 is 0 Å². The molecule has 164 valence electrons. The number of benzene rings is 2. The van der Waals surface area contributed by atoms with Gasteiger partial charge in [-0.2, -0.15) is 0 Å². The Hall–Kier alpha value is -3.34. The number of ether oxygens (including phenoxy) is 2. The number of aryl methyl sites for hydroxylation is 1. The van der Waals surface area contributed by atoms with Crippen LogP contribution in [-0.4, -0.2) is 29.3 Å². The highest BCUT2D eigenvalue weighted by molar-refractivity contribution is 7.15. The van der Waals surface area contributed by atoms with Gasteiger partial charge in [-0.1, -0.05) is 64.8 Å². The molecule has 1 aromatic heterocycles. The number of amides is 1. The fourth-order valence-electron chi connectivity index (χ4n) is 2.70. The molecule has 8 heteroatoms. The van der Waals surface area contributed by atoms with Gasteiger partial charge in [0, 0.05) is 6.54 Å². The summed E-state index contributed by atoms with van der Waals surface area (Å²) in [7, 11) is 0. The number of nitrogens with one attached hydrogen (secondary N) is 1. The van der Waals surface area contributed by atoms with Gasteiger partial charge in [0.25, 0.3) is 5.91 Å². The van der Waals surface area contributed by atoms with Crippen LogP contribution in [0.25, 0.3) is 11.1 Å². The van der Waals surface area contributed by atoms with Crippen LogP contribution in [0.4, 0.5) is 0 Å². The summed E-state index contributed by atoms with van der Waals surface area (Å²) in [5.41, 5.74) is 2.96. The lowest BCUT2D eigenvalue weighted by molar-refractivity contribution is 0.0950. The van der Waals surface area contributed by atoms with Gasteiger partial charge in [-0.05, 0) is 43.2 Å². The summed E-state index contributed by atoms with van der Waals surface area (Å²) in [6.07, 6.45) is 6.98. The first-order valence-corrected chi connectivity index (χ1v) is 11.1. The normalized spacial score (nSPS) is 11.0. The predicted molar refractivity (Wildman–Crippen MR) is 128 cm³/mol. The molecule has 1 amide bonds. The van der Waals surface area contributed by atoms with Gasteiger partial charge in [0.1, 0.15) is 6.61 Å². The van der Waals surface area contributed by atoms with Gasteiger partial charge in [0.2, 0.25) is 5.01 Å². The quantitative estimate of drug-likeness (QED) is 0.452. The average molecular weight is 468 g/mol. The summed E-state index contributed by atoms with van der Waals surface area (Å²) in [5, 5.41) is 11.9. The average Bonchev–Trinajstić information content (AvgIpc) is 3.29. The molecule has 3 rings (SSSR count). The Kier molecular flexibility index (Phi) is 8.26. The van der Waals surface area contributed by atoms with E-state index in [1.54, 1.807) is 18.2 Å². The first-order valence-electron chi connectivity index (χ1n) is 9.88. The number of halogens is 1. The molecule has 0 unspecified atom stereocenters. The van der Waals surface area contributed by atoms with Gasteiger partial charge in [-0.15, -0.1) is 16.6 Å². The number of hydrogen-bond acceptors (Lipinski definition) is 6. The van der Waals surface area contributed by atoms with Crippen molar-refractivity contribution in [1.29, 1.82) is 0 Å². The van der Waals surface area contributed by atoms with Gasteiger partial charge in [-0.3, -0.25) is 4.79 Å². The van der Waals surface area contributed by atoms with Crippen LogP contribution < -0.4 is 14.8 Å². The van der Waals surface area contributed by atoms with E-state index in [2.05, 4.69) is 21.4 Å². The third kappa shape index (κ3) is 6.33. The van der Waals surface area contributed by atoms with Crippen molar-refractivity contribution in [1.82, 2.24) is 15.5 Å². The topological polar surface area (TPSA) is 73.3 Å². The number of carbonyl (C=O) groups excluding carboxylic acids is 1. The largest absolute Gasteiger partial charge is 0.490 e. The predicted octanol–water partition coefficient (Wildman–Crippen LogP) is 4.92. The summed E-state index contributed by atoms with van der Waals surface area (Å²) in [6, 6.07) is 13.3. The second-order valence-electron chi connectivity index (χ2n) is 6.70. The molecule has 6 nitrogen and oxygen atoms in total. The molecular formula is C24H22ClN3O3S. The van der Waals surface area contributed by atoms with Crippen LogP contribution in [-0.2, 0) is 6.54 Å². The van der Waals surface area contributed by atoms with E-state index in [1.807, 2.05) is 44.2 Å². The Bertz CT molecular complexity index is 1150. The van der Waals surface area contributed by atoms with E-state index in [0.717, 1.165) is 22.5 Å². The van der Waals surface area contributed by atoms with Crippen LogP contribution in [0.1, 0.15) is 38.4 Å². The Morgan fingerprint density at radius 1 is 1.16 bits per heavy atom. The highest BCUT2D eigenvalue weighted by atomic mass is 35.5. The summed E-state index contributed by atoms with van der Waals surface area (Å²) in [5.74, 6) is 3.25. The molecule has 32 heavy (non-hydrogen) atoms. The van der Waals surface area contributed by atoms with Crippen molar-refractivity contribution < 1.29 is 14.3 Å². The molecule has 0 atom stereocenters. The van der Waals surface area contributed by atoms with E-state index in [9.17, 15) is 4.79 Å². The first-order chi connectivity index (χ1) is 15.5. The van der Waals surface area contributed by atoms with Gasteiger partial charge in [0.15, 0.2) is 16.5 Å². The van der Waals surface area contributed by atoms with E-state index < -0.39 is 0 Å². The van der Waals surface area contributed by atoms with E-state index in [0.29, 0.717) is 34.7 Å². The molecule has 0 spiro atoms. The molecule has 0 fully saturated rings. The zero-order chi connectivity index (χ0) is 22.9. The third-order valence-electron chi connectivity index (χ3n) is 4.27. The summed E-state index contributed by atoms with van der Waals surface area (Å²) < 4.78 is 11.1. The van der Waals surface area contributed by atoms with Crippen molar-refractivity contribution in [2.45, 2.75) is 20.4 Å². The number of rotatable bonds is 9. The minimum Gasteiger partial charge on any atom is -0.490 e. The molecule has 0 aliphatic carbocycles. The monoisotopic (exact) mass is 467 g/mol. The number of terminal acetylenes is 1. The summed E-state index contributed by atoms with van der Waals surface area (Å²) in [6.45, 7) is 4.93. The summed E-state index contributed by atoms with van der Waals surface area (Å²) in [4.78, 5) is 12.4. The first kappa shape index (κ1) is 23.3. The standard InChI is InChI=1S/C24H22ClN3O3S/c1-4-12-31-20-11-10-18(14-21(20)30-5-2)13-19(25)23-27-28-24(32-23)22(29)26-15-17-8-6-16(3)7-9-17/h1,6-11,13-14H,5,12,15H2,2-3H3,(H,26,29)/b19-13-. The van der Waals surface area contributed by atoms with Gasteiger partial charge in [0.05, 0.1) is 11.6 Å². The van der Waals surface area contributed by atoms with Gasteiger partial charge in [-0.25, -0.2) is 0 Å². The lowest BCUT2D eigenvalue weighted by Crippen LogP contribution is -2.22. The highest BCUT2D eigenvalue weighted by Crippen LogP contribution is 2.31. The van der Waals surface area contributed by atoms with E-state index >= 15 is 0 Å². The maximum Gasteiger partial charge on any atom is 0.282 e. The fourth-order valence-corrected chi connectivity index (χ4v) is 3.65. The minimum atomic E-state index is -0.299. The van der Waals surface area contributed by atoms with Crippen molar-refractivity contribution in [3.8, 4) is 23.8 Å². The van der Waals surface area contributed by atoms with Gasteiger partial charge < -0.3 is 14.8 Å². The smallest absolute Gasteiger partial charge is 0.282 e. The van der Waals surface area contributed by atoms with Crippen LogP contribution in [0.15, 0.2) is 42.5 Å². The highest BCUT2D eigenvalue weighted by Gasteiger charge is 2.15. The van der Waals surface area contributed by atoms with Crippen molar-refractivity contribution >= 4 is 40.0 Å². The van der Waals surface area contributed by atoms with Crippen LogP contribution in [0.2, 0.25) is 0 Å². The third-order valence-corrected chi connectivity index (χ3v) is 5.62. The molecule has 0 radical (unpaired) electrons. The van der Waals surface area contributed by atoms with Crippen molar-refractivity contribution in [2.75, 3.05) is 13.2 Å². The zero-order valence-electron chi connectivity index (χ0n) is 17.7. The van der Waals surface area contributed by atoms with Crippen molar-refractivity contribution in [3.63, 3.8) is 0 Å². The SMILES string of the molecule is C#CCOc1ccc(/C=C(\Cl)c2nnc(C(=O)NCc3ccc(C)cc3)s2)cc1OCC. The van der Waals surface area contributed by atoms with E-state index in [-0.39, 0.29) is 17.5 Å². The van der Waals surface area contributed by atoms with Crippen molar-refractivity contribution in [3.05, 3.63) is 69.2 Å². The molecule has 0 saturated carbocycles. The second kappa shape index (κ2) is 11.3. The molecule has 0 saturated heterocycles. The van der Waals surface area contributed by atoms with E-state index in [4.69, 9.17) is 27.5 Å². The zero-order valence-corrected chi connectivity index (χ0v) is 19.3. The van der Waals surface area contributed by atoms with Crippen LogP contribution >= 0.6 is 22.9 Å². The molecule has 0 aliphatic heterocycles. The molecule has 1 heterocycles. The molecular weight excluding hydrogens is 446 g/mol. The van der Waals surface area contributed by atoms with E-state index in [1.165, 1.54) is 5.56 Å². The minimum absolute atomic E-state index is 0.148. The Morgan fingerprint density at radius 2 is 1.91 bits per heavy atom. The summed E-state index contributed by atoms with van der Waals surface area (Å²) >= 11 is 7.56. The van der Waals surface area contributed by atoms with Crippen LogP contribution in [0.5, 0.6) is 11.5 Å². The number of hydrogen-bond donors (Lipinski definition) is 1. The Morgan fingerprint density at radius 3 is 2.62 bits per heavy atom. The molecule has 2 aromatic carbocycles. The number of carbonyl (C=O) groups is 1. The number of nitrogens with zero attached hydrogens (tertiary/aromatic N) is 2. The number of aromatic nitrogens is 2.